The van der Waals surface area contributed by atoms with Gasteiger partial charge in [-0.3, -0.25) is 9.59 Å². The Labute approximate surface area is 81.9 Å². The first-order valence-electron chi connectivity index (χ1n) is 4.61. The molecule has 2 fully saturated rings. The van der Waals surface area contributed by atoms with Gasteiger partial charge in [0.25, 0.3) is 0 Å². The maximum absolute atomic E-state index is 11.5. The van der Waals surface area contributed by atoms with E-state index >= 15 is 0 Å². The maximum Gasteiger partial charge on any atom is 0.230 e. The van der Waals surface area contributed by atoms with Gasteiger partial charge in [0.2, 0.25) is 5.91 Å². The van der Waals surface area contributed by atoms with Crippen molar-refractivity contribution in [2.45, 2.75) is 31.7 Å². The number of β-lactam (4-membered cyclic amide) rings is 1. The van der Waals surface area contributed by atoms with Gasteiger partial charge in [-0.05, 0) is 13.3 Å². The fourth-order valence-electron chi connectivity index (χ4n) is 2.04. The van der Waals surface area contributed by atoms with E-state index in [1.807, 2.05) is 6.92 Å². The normalized spacial score (nSPS) is 37.2. The number of amides is 1. The van der Waals surface area contributed by atoms with Crippen molar-refractivity contribution in [2.75, 3.05) is 5.75 Å². The molecule has 0 spiro atoms. The third kappa shape index (κ3) is 1.11. The topological polar surface area (TPSA) is 37.4 Å². The Morgan fingerprint density at radius 3 is 2.92 bits per heavy atom. The fourth-order valence-corrected chi connectivity index (χ4v) is 3.76. The van der Waals surface area contributed by atoms with Gasteiger partial charge in [0.05, 0.1) is 11.3 Å². The van der Waals surface area contributed by atoms with Crippen LogP contribution in [0, 0.1) is 5.92 Å². The molecule has 2 saturated heterocycles. The molecule has 3 unspecified atom stereocenters. The zero-order valence-corrected chi connectivity index (χ0v) is 8.63. The molecule has 0 aromatic carbocycles. The second kappa shape index (κ2) is 3.01. The van der Waals surface area contributed by atoms with Crippen molar-refractivity contribution in [3.63, 3.8) is 0 Å². The number of fused-ring (bicyclic) bond motifs is 1. The molecule has 0 aromatic rings. The third-order valence-corrected chi connectivity index (χ3v) is 4.27. The van der Waals surface area contributed by atoms with Crippen molar-refractivity contribution in [3.05, 3.63) is 0 Å². The first-order chi connectivity index (χ1) is 6.16. The van der Waals surface area contributed by atoms with Crippen LogP contribution < -0.4 is 0 Å². The molecule has 0 saturated carbocycles. The summed E-state index contributed by atoms with van der Waals surface area (Å²) in [5.41, 5.74) is 0. The van der Waals surface area contributed by atoms with E-state index in [1.165, 1.54) is 0 Å². The number of thioether (sulfide) groups is 1. The van der Waals surface area contributed by atoms with Gasteiger partial charge in [0, 0.05) is 5.75 Å². The van der Waals surface area contributed by atoms with Crippen LogP contribution in [0.25, 0.3) is 0 Å². The van der Waals surface area contributed by atoms with E-state index < -0.39 is 0 Å². The SMILES string of the molecule is CCC1C(=O)N2C(C(C)=O)CSC12. The Balaban J connectivity index is 2.12. The first-order valence-corrected chi connectivity index (χ1v) is 5.66. The molecule has 3 atom stereocenters. The number of hydrogen-bond donors (Lipinski definition) is 0. The Morgan fingerprint density at radius 2 is 2.38 bits per heavy atom. The zero-order valence-electron chi connectivity index (χ0n) is 7.82. The molecule has 0 bridgehead atoms. The molecule has 13 heavy (non-hydrogen) atoms. The minimum atomic E-state index is -0.134. The number of ketones is 1. The zero-order chi connectivity index (χ0) is 9.59. The van der Waals surface area contributed by atoms with Crippen LogP contribution in [0.2, 0.25) is 0 Å². The molecule has 2 aliphatic heterocycles. The van der Waals surface area contributed by atoms with Gasteiger partial charge in [-0.15, -0.1) is 11.8 Å². The van der Waals surface area contributed by atoms with Crippen molar-refractivity contribution >= 4 is 23.5 Å². The van der Waals surface area contributed by atoms with Crippen LogP contribution in [0.1, 0.15) is 20.3 Å². The monoisotopic (exact) mass is 199 g/mol. The van der Waals surface area contributed by atoms with Crippen molar-refractivity contribution in [1.29, 1.82) is 0 Å². The summed E-state index contributed by atoms with van der Waals surface area (Å²) in [5, 5.41) is 0.298. The molecule has 2 rings (SSSR count). The molecule has 3 nitrogen and oxygen atoms in total. The van der Waals surface area contributed by atoms with Crippen molar-refractivity contribution < 1.29 is 9.59 Å². The van der Waals surface area contributed by atoms with Gasteiger partial charge in [-0.25, -0.2) is 0 Å². The fraction of sp³-hybridized carbons (Fsp3) is 0.778. The minimum absolute atomic E-state index is 0.123. The van der Waals surface area contributed by atoms with Gasteiger partial charge >= 0.3 is 0 Å². The smallest absolute Gasteiger partial charge is 0.230 e. The molecule has 0 aromatic heterocycles. The average molecular weight is 199 g/mol. The highest BCUT2D eigenvalue weighted by molar-refractivity contribution is 8.00. The van der Waals surface area contributed by atoms with Crippen molar-refractivity contribution in [3.8, 4) is 0 Å². The highest BCUT2D eigenvalue weighted by Gasteiger charge is 2.54. The molecule has 0 aliphatic carbocycles. The standard InChI is InChI=1S/C9H13NO2S/c1-3-6-8(12)10-7(5(2)11)4-13-9(6)10/h6-7,9H,3-4H2,1-2H3. The summed E-state index contributed by atoms with van der Waals surface area (Å²) < 4.78 is 0. The molecule has 2 heterocycles. The summed E-state index contributed by atoms with van der Waals surface area (Å²) >= 11 is 1.75. The van der Waals surface area contributed by atoms with Crippen LogP contribution >= 0.6 is 11.8 Å². The first kappa shape index (κ1) is 9.06. The third-order valence-electron chi connectivity index (χ3n) is 2.86. The Kier molecular flexibility index (Phi) is 2.10. The molecule has 0 N–H and O–H groups in total. The van der Waals surface area contributed by atoms with E-state index in [9.17, 15) is 9.59 Å². The van der Waals surface area contributed by atoms with Crippen LogP contribution in [0.4, 0.5) is 0 Å². The summed E-state index contributed by atoms with van der Waals surface area (Å²) in [7, 11) is 0. The lowest BCUT2D eigenvalue weighted by atomic mass is 9.93. The van der Waals surface area contributed by atoms with Crippen LogP contribution in [0.3, 0.4) is 0 Å². The van der Waals surface area contributed by atoms with Gasteiger partial charge in [0.15, 0.2) is 5.78 Å². The molecule has 2 aliphatic rings. The van der Waals surface area contributed by atoms with Crippen LogP contribution in [-0.4, -0.2) is 33.8 Å². The number of nitrogens with zero attached hydrogens (tertiary/aromatic N) is 1. The highest BCUT2D eigenvalue weighted by atomic mass is 32.2. The minimum Gasteiger partial charge on any atom is -0.319 e. The van der Waals surface area contributed by atoms with E-state index in [1.54, 1.807) is 23.6 Å². The lowest BCUT2D eigenvalue weighted by molar-refractivity contribution is -0.155. The second-order valence-electron chi connectivity index (χ2n) is 3.61. The van der Waals surface area contributed by atoms with E-state index in [0.29, 0.717) is 5.37 Å². The molecular weight excluding hydrogens is 186 g/mol. The number of Topliss-reactive ketones (excluding diaryl/α,β-unsaturated/α-hetero) is 1. The Hall–Kier alpha value is -0.510. The quantitative estimate of drug-likeness (QED) is 0.620. The molecule has 4 heteroatoms. The summed E-state index contributed by atoms with van der Waals surface area (Å²) in [6, 6.07) is -0.134. The van der Waals surface area contributed by atoms with Gasteiger partial charge in [-0.2, -0.15) is 0 Å². The summed E-state index contributed by atoms with van der Waals surface area (Å²) in [6.07, 6.45) is 0.900. The van der Waals surface area contributed by atoms with Crippen LogP contribution in [0.5, 0.6) is 0 Å². The van der Waals surface area contributed by atoms with E-state index in [-0.39, 0.29) is 23.7 Å². The van der Waals surface area contributed by atoms with Crippen molar-refractivity contribution in [2.24, 2.45) is 5.92 Å². The number of hydrogen-bond acceptors (Lipinski definition) is 3. The molecule has 0 radical (unpaired) electrons. The maximum atomic E-state index is 11.5. The van der Waals surface area contributed by atoms with Crippen LogP contribution in [0.15, 0.2) is 0 Å². The number of rotatable bonds is 2. The van der Waals surface area contributed by atoms with Crippen LogP contribution in [-0.2, 0) is 9.59 Å². The highest BCUT2D eigenvalue weighted by Crippen LogP contribution is 2.44. The number of carbonyl (C=O) groups excluding carboxylic acids is 2. The lowest BCUT2D eigenvalue weighted by Gasteiger charge is -2.43. The Morgan fingerprint density at radius 1 is 1.69 bits per heavy atom. The summed E-state index contributed by atoms with van der Waals surface area (Å²) in [5.74, 6) is 1.27. The predicted molar refractivity (Wildman–Crippen MR) is 51.3 cm³/mol. The average Bonchev–Trinajstić information content (AvgIpc) is 2.45. The van der Waals surface area contributed by atoms with E-state index in [2.05, 4.69) is 0 Å². The van der Waals surface area contributed by atoms with E-state index in [4.69, 9.17) is 0 Å². The second-order valence-corrected chi connectivity index (χ2v) is 4.76. The molecule has 72 valence electrons. The van der Waals surface area contributed by atoms with Crippen molar-refractivity contribution in [1.82, 2.24) is 4.90 Å². The van der Waals surface area contributed by atoms with E-state index in [0.717, 1.165) is 12.2 Å². The van der Waals surface area contributed by atoms with Gasteiger partial charge in [0.1, 0.15) is 6.04 Å². The summed E-state index contributed by atoms with van der Waals surface area (Å²) in [6.45, 7) is 3.60. The predicted octanol–water partition coefficient (Wildman–Crippen LogP) is 0.885. The number of carbonyl (C=O) groups is 2. The molecular formula is C9H13NO2S. The Bertz CT molecular complexity index is 266. The largest absolute Gasteiger partial charge is 0.319 e. The van der Waals surface area contributed by atoms with Gasteiger partial charge < -0.3 is 4.90 Å². The summed E-state index contributed by atoms with van der Waals surface area (Å²) in [4.78, 5) is 24.5. The lowest BCUT2D eigenvalue weighted by Crippen LogP contribution is -2.60. The van der Waals surface area contributed by atoms with Gasteiger partial charge in [-0.1, -0.05) is 6.92 Å². The molecule has 1 amide bonds.